The Hall–Kier alpha value is 0.290. The van der Waals surface area contributed by atoms with Gasteiger partial charge in [-0.2, -0.15) is 0 Å². The van der Waals surface area contributed by atoms with Gasteiger partial charge in [0, 0.05) is 11.0 Å². The Kier molecular flexibility index (Phi) is 6.04. The third-order valence-electron chi connectivity index (χ3n) is 1.01. The molecule has 0 aromatic carbocycles. The van der Waals surface area contributed by atoms with E-state index in [1.54, 1.807) is 6.92 Å². The van der Waals surface area contributed by atoms with E-state index in [1.807, 2.05) is 0 Å². The number of hydrogen-bond donors (Lipinski definition) is 4. The molecule has 2 unspecified atom stereocenters. The molecule has 0 saturated heterocycles. The monoisotopic (exact) mass is 233 g/mol. The van der Waals surface area contributed by atoms with Crippen molar-refractivity contribution in [3.63, 3.8) is 0 Å². The highest BCUT2D eigenvalue weighted by Gasteiger charge is 2.41. The first-order valence-electron chi connectivity index (χ1n) is 3.34. The van der Waals surface area contributed by atoms with Crippen LogP contribution in [0.4, 0.5) is 0 Å². The van der Waals surface area contributed by atoms with Gasteiger partial charge in [0.1, 0.15) is 0 Å². The van der Waals surface area contributed by atoms with Gasteiger partial charge in [-0.25, -0.2) is 0 Å². The second-order valence-corrected chi connectivity index (χ2v) is 3.48. The lowest BCUT2D eigenvalue weighted by atomic mass is 10.3. The smallest absolute Gasteiger partial charge is 0.340 e. The van der Waals surface area contributed by atoms with Crippen molar-refractivity contribution in [2.75, 3.05) is 0 Å². The topological polar surface area (TPSA) is 116 Å². The normalized spacial score (nSPS) is 17.2. The second-order valence-electron chi connectivity index (χ2n) is 2.14. The average molecular weight is 233 g/mol. The number of aliphatic hydroxyl groups is 1. The minimum absolute atomic E-state index is 0.144. The van der Waals surface area contributed by atoms with Crippen molar-refractivity contribution in [3.8, 4) is 0 Å². The van der Waals surface area contributed by atoms with Crippen molar-refractivity contribution < 1.29 is 33.4 Å². The van der Waals surface area contributed by atoms with Gasteiger partial charge in [-0.05, 0) is 6.42 Å². The molecule has 4 N–H and O–H groups in total. The summed E-state index contributed by atoms with van der Waals surface area (Å²) in [5.41, 5.74) is 0. The van der Waals surface area contributed by atoms with Crippen molar-refractivity contribution >= 4 is 16.9 Å². The van der Waals surface area contributed by atoms with Crippen molar-refractivity contribution in [1.29, 1.82) is 0 Å². The van der Waals surface area contributed by atoms with E-state index in [2.05, 4.69) is 9.05 Å². The summed E-state index contributed by atoms with van der Waals surface area (Å²) in [5.74, 6) is -2.41. The van der Waals surface area contributed by atoms with Crippen molar-refractivity contribution in [2.45, 2.75) is 25.7 Å². The largest absolute Gasteiger partial charge is 0.700 e. The fourth-order valence-corrected chi connectivity index (χ4v) is 1.49. The maximum atomic E-state index is 10.2. The molecule has 0 aliphatic carbocycles. The molecule has 13 heavy (non-hydrogen) atoms. The first-order chi connectivity index (χ1) is 5.89. The third kappa shape index (κ3) is 6.37. The summed E-state index contributed by atoms with van der Waals surface area (Å²) in [5, 5.41) is 9.26. The Bertz CT molecular complexity index is 174. The highest BCUT2D eigenvalue weighted by atomic mass is 31.2. The van der Waals surface area contributed by atoms with E-state index in [0.29, 0.717) is 6.42 Å². The van der Waals surface area contributed by atoms with Crippen LogP contribution in [0.25, 0.3) is 0 Å². The Morgan fingerprint density at radius 2 is 2.08 bits per heavy atom. The molecule has 0 aliphatic rings. The lowest BCUT2D eigenvalue weighted by molar-refractivity contribution is -0.279. The van der Waals surface area contributed by atoms with Crippen molar-refractivity contribution in [2.24, 2.45) is 0 Å². The Morgan fingerprint density at radius 3 is 2.38 bits per heavy atom. The standard InChI is InChI=1S/C4H10O7P2/c1-2-3-4(5,10-12(6)7)11-13(8)9/h5-7H,2-3H2,1H3/p+1. The van der Waals surface area contributed by atoms with Gasteiger partial charge in [-0.3, -0.25) is 4.52 Å². The zero-order valence-electron chi connectivity index (χ0n) is 6.82. The fraction of sp³-hybridized carbons (Fsp3) is 1.00. The lowest BCUT2D eigenvalue weighted by Gasteiger charge is -2.20. The summed E-state index contributed by atoms with van der Waals surface area (Å²) < 4.78 is 18.4. The Balaban J connectivity index is 4.23. The van der Waals surface area contributed by atoms with Crippen LogP contribution in [0, 0.1) is 0 Å². The van der Waals surface area contributed by atoms with Gasteiger partial charge in [0.15, 0.2) is 0 Å². The predicted octanol–water partition coefficient (Wildman–Crippen LogP) is 0.327. The van der Waals surface area contributed by atoms with Crippen LogP contribution in [0.1, 0.15) is 19.8 Å². The molecule has 0 fully saturated rings. The van der Waals surface area contributed by atoms with Gasteiger partial charge in [0.2, 0.25) is 0 Å². The second kappa shape index (κ2) is 5.90. The fourth-order valence-electron chi connectivity index (χ4n) is 0.673. The van der Waals surface area contributed by atoms with E-state index in [9.17, 15) is 9.67 Å². The van der Waals surface area contributed by atoms with Gasteiger partial charge in [-0.1, -0.05) is 11.4 Å². The van der Waals surface area contributed by atoms with Crippen LogP contribution in [0.2, 0.25) is 0 Å². The molecule has 2 atom stereocenters. The van der Waals surface area contributed by atoms with E-state index < -0.39 is 22.8 Å². The Morgan fingerprint density at radius 1 is 1.54 bits per heavy atom. The van der Waals surface area contributed by atoms with Crippen LogP contribution in [0.15, 0.2) is 0 Å². The van der Waals surface area contributed by atoms with E-state index in [1.165, 1.54) is 0 Å². The van der Waals surface area contributed by atoms with Gasteiger partial charge in [0.25, 0.3) is 0 Å². The minimum atomic E-state index is -3.07. The molecule has 0 aromatic heterocycles. The minimum Gasteiger partial charge on any atom is -0.340 e. The predicted molar refractivity (Wildman–Crippen MR) is 43.2 cm³/mol. The maximum Gasteiger partial charge on any atom is 0.700 e. The molecule has 0 bridgehead atoms. The average Bonchev–Trinajstić information content (AvgIpc) is 1.81. The lowest BCUT2D eigenvalue weighted by Crippen LogP contribution is -2.31. The molecule has 0 heterocycles. The molecule has 0 rings (SSSR count). The van der Waals surface area contributed by atoms with E-state index in [0.717, 1.165) is 0 Å². The van der Waals surface area contributed by atoms with E-state index in [-0.39, 0.29) is 6.42 Å². The molecule has 78 valence electrons. The summed E-state index contributed by atoms with van der Waals surface area (Å²) in [6.45, 7) is 1.65. The Labute approximate surface area is 76.9 Å². The summed E-state index contributed by atoms with van der Waals surface area (Å²) >= 11 is 0. The molecule has 0 spiro atoms. The van der Waals surface area contributed by atoms with Gasteiger partial charge in [-0.15, -0.1) is 4.89 Å². The summed E-state index contributed by atoms with van der Waals surface area (Å²) in [7, 11) is -5.91. The van der Waals surface area contributed by atoms with Crippen LogP contribution in [-0.4, -0.2) is 25.8 Å². The molecular formula is C4H11O7P2+. The van der Waals surface area contributed by atoms with E-state index in [4.69, 9.17) is 14.7 Å². The molecule has 0 saturated carbocycles. The molecule has 0 aliphatic heterocycles. The van der Waals surface area contributed by atoms with Crippen LogP contribution in [-0.2, 0) is 13.6 Å². The maximum absolute atomic E-state index is 10.2. The van der Waals surface area contributed by atoms with Crippen molar-refractivity contribution in [1.82, 2.24) is 0 Å². The highest BCUT2D eigenvalue weighted by molar-refractivity contribution is 7.39. The van der Waals surface area contributed by atoms with Crippen molar-refractivity contribution in [3.05, 3.63) is 0 Å². The number of rotatable bonds is 6. The molecule has 9 heteroatoms. The third-order valence-corrected chi connectivity index (χ3v) is 1.90. The van der Waals surface area contributed by atoms with Crippen LogP contribution in [0.3, 0.4) is 0 Å². The van der Waals surface area contributed by atoms with Crippen LogP contribution >= 0.6 is 16.9 Å². The quantitative estimate of drug-likeness (QED) is 0.385. The SMILES string of the molecule is CCCC(O)(OP(O)O)O[P+](=O)O. The zero-order valence-corrected chi connectivity index (χ0v) is 8.61. The van der Waals surface area contributed by atoms with Gasteiger partial charge in [0.05, 0.1) is 0 Å². The molecule has 0 aromatic rings. The highest BCUT2D eigenvalue weighted by Crippen LogP contribution is 2.38. The van der Waals surface area contributed by atoms with E-state index >= 15 is 0 Å². The summed E-state index contributed by atoms with van der Waals surface area (Å²) in [6.07, 6.45) is 0.234. The van der Waals surface area contributed by atoms with Crippen LogP contribution in [0.5, 0.6) is 0 Å². The zero-order chi connectivity index (χ0) is 10.5. The first-order valence-corrected chi connectivity index (χ1v) is 5.64. The van der Waals surface area contributed by atoms with Gasteiger partial charge >= 0.3 is 22.8 Å². The molecular weight excluding hydrogens is 222 g/mol. The molecule has 0 radical (unpaired) electrons. The van der Waals surface area contributed by atoms with Crippen LogP contribution < -0.4 is 0 Å². The summed E-state index contributed by atoms with van der Waals surface area (Å²) in [6, 6.07) is 0. The first kappa shape index (κ1) is 13.3. The molecule has 0 amide bonds. The number of hydrogen-bond acceptors (Lipinski definition) is 6. The summed E-state index contributed by atoms with van der Waals surface area (Å²) in [4.78, 5) is 25.1. The molecule has 7 nitrogen and oxygen atoms in total. The van der Waals surface area contributed by atoms with Gasteiger partial charge < -0.3 is 14.9 Å².